The number of fused-ring (bicyclic) bond motifs is 1. The number of nitrogens with one attached hydrogen (secondary N) is 2. The molecule has 0 radical (unpaired) electrons. The normalized spacial score (nSPS) is 43.7. The largest absolute Gasteiger partial charge is 0.393 e. The summed E-state index contributed by atoms with van der Waals surface area (Å²) < 4.78 is 0. The second-order valence-electron chi connectivity index (χ2n) is 6.27. The summed E-state index contributed by atoms with van der Waals surface area (Å²) in [6, 6.07) is 0.208. The van der Waals surface area contributed by atoms with E-state index in [-0.39, 0.29) is 24.1 Å². The molecule has 2 aliphatic carbocycles. The fraction of sp³-hybridized carbons (Fsp3) is 0.929. The molecule has 4 nitrogen and oxygen atoms in total. The molecule has 3 rings (SSSR count). The van der Waals surface area contributed by atoms with Gasteiger partial charge in [-0.05, 0) is 56.9 Å². The van der Waals surface area contributed by atoms with Crippen LogP contribution in [0.2, 0.25) is 0 Å². The van der Waals surface area contributed by atoms with Gasteiger partial charge >= 0.3 is 0 Å². The standard InChI is InChI=1S/C14H24N2O2/c17-11-5-2-4-10(7-11)16-14(18)13-12-6-1-3-9(12)8-15-13/h9-13,15,17H,1-8H2,(H,16,18). The van der Waals surface area contributed by atoms with Crippen LogP contribution in [0.3, 0.4) is 0 Å². The van der Waals surface area contributed by atoms with Gasteiger partial charge in [0.2, 0.25) is 5.91 Å². The monoisotopic (exact) mass is 252 g/mol. The molecule has 0 spiro atoms. The highest BCUT2D eigenvalue weighted by atomic mass is 16.3. The van der Waals surface area contributed by atoms with Crippen LogP contribution >= 0.6 is 0 Å². The van der Waals surface area contributed by atoms with E-state index in [1.165, 1.54) is 19.3 Å². The van der Waals surface area contributed by atoms with Crippen LogP contribution in [0.4, 0.5) is 0 Å². The average Bonchev–Trinajstić information content (AvgIpc) is 2.89. The third kappa shape index (κ3) is 2.41. The summed E-state index contributed by atoms with van der Waals surface area (Å²) in [6.45, 7) is 1.01. The van der Waals surface area contributed by atoms with Gasteiger partial charge < -0.3 is 15.7 Å². The molecule has 5 atom stereocenters. The first kappa shape index (κ1) is 12.4. The molecule has 0 aromatic rings. The smallest absolute Gasteiger partial charge is 0.237 e. The van der Waals surface area contributed by atoms with Gasteiger partial charge in [-0.15, -0.1) is 0 Å². The molecule has 3 aliphatic rings. The number of carbonyl (C=O) groups is 1. The molecule has 102 valence electrons. The number of rotatable bonds is 2. The van der Waals surface area contributed by atoms with Crippen molar-refractivity contribution in [1.82, 2.24) is 10.6 Å². The van der Waals surface area contributed by atoms with Gasteiger partial charge in [0.1, 0.15) is 0 Å². The summed E-state index contributed by atoms with van der Waals surface area (Å²) in [5, 5.41) is 16.2. The summed E-state index contributed by atoms with van der Waals surface area (Å²) in [7, 11) is 0. The lowest BCUT2D eigenvalue weighted by molar-refractivity contribution is -0.124. The maximum absolute atomic E-state index is 12.3. The van der Waals surface area contributed by atoms with Crippen molar-refractivity contribution >= 4 is 5.91 Å². The minimum atomic E-state index is -0.222. The predicted molar refractivity (Wildman–Crippen MR) is 69.0 cm³/mol. The van der Waals surface area contributed by atoms with Crippen LogP contribution in [0, 0.1) is 11.8 Å². The molecular formula is C14H24N2O2. The summed E-state index contributed by atoms with van der Waals surface area (Å²) in [5.74, 6) is 1.44. The van der Waals surface area contributed by atoms with E-state index in [0.717, 1.165) is 38.1 Å². The van der Waals surface area contributed by atoms with Crippen molar-refractivity contribution in [1.29, 1.82) is 0 Å². The van der Waals surface area contributed by atoms with Gasteiger partial charge in [0, 0.05) is 6.04 Å². The molecule has 1 aliphatic heterocycles. The molecule has 0 aromatic heterocycles. The first-order chi connectivity index (χ1) is 8.74. The highest BCUT2D eigenvalue weighted by Crippen LogP contribution is 2.37. The second kappa shape index (κ2) is 5.17. The first-order valence-corrected chi connectivity index (χ1v) is 7.46. The zero-order valence-electron chi connectivity index (χ0n) is 10.9. The summed E-state index contributed by atoms with van der Waals surface area (Å²) in [5.41, 5.74) is 0. The van der Waals surface area contributed by atoms with Crippen molar-refractivity contribution in [2.45, 2.75) is 63.1 Å². The van der Waals surface area contributed by atoms with Crippen molar-refractivity contribution in [2.24, 2.45) is 11.8 Å². The van der Waals surface area contributed by atoms with Gasteiger partial charge in [-0.2, -0.15) is 0 Å². The Morgan fingerprint density at radius 1 is 1.17 bits per heavy atom. The number of carbonyl (C=O) groups excluding carboxylic acids is 1. The Bertz CT molecular complexity index is 321. The third-order valence-electron chi connectivity index (χ3n) is 5.02. The number of amides is 1. The Hall–Kier alpha value is -0.610. The number of hydrogen-bond acceptors (Lipinski definition) is 3. The lowest BCUT2D eigenvalue weighted by Crippen LogP contribution is -2.49. The van der Waals surface area contributed by atoms with E-state index in [0.29, 0.717) is 5.92 Å². The van der Waals surface area contributed by atoms with Crippen molar-refractivity contribution < 1.29 is 9.90 Å². The molecule has 3 fully saturated rings. The minimum Gasteiger partial charge on any atom is -0.393 e. The molecule has 1 heterocycles. The van der Waals surface area contributed by atoms with E-state index < -0.39 is 0 Å². The lowest BCUT2D eigenvalue weighted by atomic mass is 9.91. The van der Waals surface area contributed by atoms with E-state index in [4.69, 9.17) is 0 Å². The first-order valence-electron chi connectivity index (χ1n) is 7.46. The van der Waals surface area contributed by atoms with Gasteiger partial charge in [0.05, 0.1) is 12.1 Å². The van der Waals surface area contributed by atoms with Gasteiger partial charge in [0.15, 0.2) is 0 Å². The minimum absolute atomic E-state index is 0.0246. The van der Waals surface area contributed by atoms with Crippen LogP contribution < -0.4 is 10.6 Å². The topological polar surface area (TPSA) is 61.4 Å². The Morgan fingerprint density at radius 3 is 2.83 bits per heavy atom. The zero-order chi connectivity index (χ0) is 12.5. The Morgan fingerprint density at radius 2 is 2.00 bits per heavy atom. The van der Waals surface area contributed by atoms with Crippen LogP contribution in [0.5, 0.6) is 0 Å². The molecule has 18 heavy (non-hydrogen) atoms. The number of hydrogen-bond donors (Lipinski definition) is 3. The van der Waals surface area contributed by atoms with Crippen LogP contribution in [-0.2, 0) is 4.79 Å². The van der Waals surface area contributed by atoms with E-state index in [9.17, 15) is 9.90 Å². The molecule has 1 amide bonds. The highest BCUT2D eigenvalue weighted by Gasteiger charge is 2.42. The zero-order valence-corrected chi connectivity index (χ0v) is 10.9. The van der Waals surface area contributed by atoms with Crippen LogP contribution in [0.25, 0.3) is 0 Å². The highest BCUT2D eigenvalue weighted by molar-refractivity contribution is 5.82. The van der Waals surface area contributed by atoms with Crippen molar-refractivity contribution in [3.63, 3.8) is 0 Å². The molecule has 3 N–H and O–H groups in total. The maximum Gasteiger partial charge on any atom is 0.237 e. The summed E-state index contributed by atoms with van der Waals surface area (Å²) >= 11 is 0. The van der Waals surface area contributed by atoms with Crippen LogP contribution in [-0.4, -0.2) is 35.7 Å². The van der Waals surface area contributed by atoms with Crippen molar-refractivity contribution in [2.75, 3.05) is 6.54 Å². The Kier molecular flexibility index (Phi) is 3.57. The van der Waals surface area contributed by atoms with Crippen molar-refractivity contribution in [3.8, 4) is 0 Å². The number of aliphatic hydroxyl groups is 1. The fourth-order valence-electron chi connectivity index (χ4n) is 4.06. The summed E-state index contributed by atoms with van der Waals surface area (Å²) in [6.07, 6.45) is 7.20. The quantitative estimate of drug-likeness (QED) is 0.681. The predicted octanol–water partition coefficient (Wildman–Crippen LogP) is 0.794. The van der Waals surface area contributed by atoms with Gasteiger partial charge in [0.25, 0.3) is 0 Å². The van der Waals surface area contributed by atoms with Gasteiger partial charge in [-0.3, -0.25) is 4.79 Å². The van der Waals surface area contributed by atoms with Crippen molar-refractivity contribution in [3.05, 3.63) is 0 Å². The molecule has 5 unspecified atom stereocenters. The van der Waals surface area contributed by atoms with Gasteiger partial charge in [-0.1, -0.05) is 6.42 Å². The molecular weight excluding hydrogens is 228 g/mol. The molecule has 1 saturated heterocycles. The van der Waals surface area contributed by atoms with Gasteiger partial charge in [-0.25, -0.2) is 0 Å². The van der Waals surface area contributed by atoms with E-state index in [2.05, 4.69) is 10.6 Å². The summed E-state index contributed by atoms with van der Waals surface area (Å²) in [4.78, 5) is 12.3. The second-order valence-corrected chi connectivity index (χ2v) is 6.27. The SMILES string of the molecule is O=C(NC1CCCC(O)C1)C1NCC2CCCC21. The fourth-order valence-corrected chi connectivity index (χ4v) is 4.06. The van der Waals surface area contributed by atoms with E-state index in [1.807, 2.05) is 0 Å². The number of aliphatic hydroxyl groups excluding tert-OH is 1. The van der Waals surface area contributed by atoms with Crippen LogP contribution in [0.15, 0.2) is 0 Å². The Balaban J connectivity index is 1.55. The molecule has 0 bridgehead atoms. The van der Waals surface area contributed by atoms with E-state index >= 15 is 0 Å². The lowest BCUT2D eigenvalue weighted by Gasteiger charge is -2.28. The maximum atomic E-state index is 12.3. The average molecular weight is 252 g/mol. The Labute approximate surface area is 109 Å². The third-order valence-corrected chi connectivity index (χ3v) is 5.02. The molecule has 0 aromatic carbocycles. The molecule has 2 saturated carbocycles. The molecule has 4 heteroatoms. The van der Waals surface area contributed by atoms with E-state index in [1.54, 1.807) is 0 Å². The van der Waals surface area contributed by atoms with Crippen LogP contribution in [0.1, 0.15) is 44.9 Å².